The van der Waals surface area contributed by atoms with Gasteiger partial charge < -0.3 is 4.42 Å². The zero-order valence-corrected chi connectivity index (χ0v) is 28.5. The molecule has 0 saturated heterocycles. The van der Waals surface area contributed by atoms with Gasteiger partial charge in [0.25, 0.3) is 0 Å². The summed E-state index contributed by atoms with van der Waals surface area (Å²) in [4.78, 5) is 9.00. The number of benzene rings is 6. The van der Waals surface area contributed by atoms with Crippen molar-refractivity contribution < 1.29 is 14.0 Å². The van der Waals surface area contributed by atoms with Crippen molar-refractivity contribution in [2.24, 2.45) is 0 Å². The van der Waals surface area contributed by atoms with Crippen LogP contribution in [0.5, 0.6) is 0 Å². The average molecular weight is 686 g/mol. The highest BCUT2D eigenvalue weighted by Gasteiger charge is 2.25. The van der Waals surface area contributed by atoms with Crippen molar-refractivity contribution in [1.82, 2.24) is 9.97 Å². The number of nitrogens with zero attached hydrogens (tertiary/aromatic N) is 2. The Morgan fingerprint density at radius 3 is 1.70 bits per heavy atom. The first-order chi connectivity index (χ1) is 29.1. The summed E-state index contributed by atoms with van der Waals surface area (Å²) in [6.45, 7) is 8.30. The zero-order chi connectivity index (χ0) is 41.8. The maximum Gasteiger partial charge on any atom is 0.143 e. The van der Waals surface area contributed by atoms with Crippen molar-refractivity contribution in [2.45, 2.75) is 0 Å². The van der Waals surface area contributed by atoms with Crippen LogP contribution in [0.15, 0.2) is 187 Å². The molecule has 0 radical (unpaired) electrons. The van der Waals surface area contributed by atoms with Gasteiger partial charge in [-0.3, -0.25) is 4.98 Å². The molecule has 250 valence electrons. The van der Waals surface area contributed by atoms with Gasteiger partial charge in [-0.25, -0.2) is 4.98 Å². The molecule has 3 nitrogen and oxygen atoms in total. The fourth-order valence-corrected chi connectivity index (χ4v) is 6.99. The van der Waals surface area contributed by atoms with E-state index in [2.05, 4.69) is 60.6 Å². The molecule has 0 aliphatic rings. The van der Waals surface area contributed by atoms with Crippen molar-refractivity contribution in [2.75, 3.05) is 0 Å². The highest BCUT2D eigenvalue weighted by Crippen LogP contribution is 2.49. The van der Waals surface area contributed by atoms with Crippen LogP contribution >= 0.6 is 0 Å². The fraction of sp³-hybridized carbons (Fsp3) is 0. The Kier molecular flexibility index (Phi) is 6.38. The van der Waals surface area contributed by atoms with Gasteiger partial charge in [0.1, 0.15) is 11.5 Å². The number of hydrogen-bond acceptors (Lipinski definition) is 3. The van der Waals surface area contributed by atoms with E-state index in [1.54, 1.807) is 12.2 Å². The van der Waals surface area contributed by atoms with E-state index in [1.807, 2.05) is 84.9 Å². The highest BCUT2D eigenvalue weighted by atomic mass is 16.3. The minimum absolute atomic E-state index is 0.00774. The smallest absolute Gasteiger partial charge is 0.143 e. The summed E-state index contributed by atoms with van der Waals surface area (Å²) in [6.07, 6.45) is 2.89. The van der Waals surface area contributed by atoms with Crippen LogP contribution in [-0.2, 0) is 0 Å². The molecule has 0 N–H and O–H groups in total. The van der Waals surface area contributed by atoms with Gasteiger partial charge in [-0.2, -0.15) is 0 Å². The maximum atomic E-state index is 9.09. The lowest BCUT2D eigenvalue weighted by atomic mass is 9.88. The topological polar surface area (TPSA) is 38.9 Å². The van der Waals surface area contributed by atoms with Gasteiger partial charge in [0.2, 0.25) is 0 Å². The van der Waals surface area contributed by atoms with Crippen molar-refractivity contribution in [3.05, 3.63) is 194 Å². The Balaban J connectivity index is 1.25. The molecule has 0 aliphatic carbocycles. The quantitative estimate of drug-likeness (QED) is 0.149. The van der Waals surface area contributed by atoms with Crippen LogP contribution in [0.4, 0.5) is 0 Å². The van der Waals surface area contributed by atoms with Gasteiger partial charge in [-0.1, -0.05) is 171 Å². The molecular formula is C50H34N2O. The monoisotopic (exact) mass is 685 g/mol. The molecule has 3 aromatic heterocycles. The zero-order valence-electron chi connectivity index (χ0n) is 35.5. The van der Waals surface area contributed by atoms with Gasteiger partial charge in [0, 0.05) is 44.8 Å². The molecule has 0 atom stereocenters. The van der Waals surface area contributed by atoms with E-state index in [1.165, 1.54) is 0 Å². The lowest BCUT2D eigenvalue weighted by Crippen LogP contribution is -1.95. The second-order valence-corrected chi connectivity index (χ2v) is 12.5. The molecule has 9 aromatic rings. The molecule has 0 saturated carbocycles. The lowest BCUT2D eigenvalue weighted by molar-refractivity contribution is 0.599. The number of furan rings is 1. The first kappa shape index (κ1) is 25.0. The summed E-state index contributed by atoms with van der Waals surface area (Å²) in [5, 5.41) is -0.185. The highest BCUT2D eigenvalue weighted by molar-refractivity contribution is 6.04. The number of rotatable bonds is 8. The van der Waals surface area contributed by atoms with Crippen LogP contribution in [-0.4, -0.2) is 9.97 Å². The van der Waals surface area contributed by atoms with E-state index in [0.29, 0.717) is 22.5 Å². The molecule has 3 heterocycles. The maximum absolute atomic E-state index is 9.09. The normalized spacial score (nSPS) is 13.0. The van der Waals surface area contributed by atoms with E-state index >= 15 is 0 Å². The summed E-state index contributed by atoms with van der Waals surface area (Å²) >= 11 is 0. The molecule has 0 aliphatic heterocycles. The number of fused-ring (bicyclic) bond motifs is 3. The minimum Gasteiger partial charge on any atom is -0.455 e. The van der Waals surface area contributed by atoms with Crippen LogP contribution in [0, 0.1) is 0 Å². The standard InChI is InChI=1S/C50H34N2O/c1-3-40-41(4-2)43(44-30-27-36-26-25-35-24-15-31-51-47(35)48(36)52-44)29-28-42(40)38-22-14-23-39(32-38)50-46(34-18-10-6-11-19-34)45(33-16-8-5-9-17-33)49(53-50)37-20-12-7-13-21-37/h3-32H,1-2H2/i15D,24D,25D,26D,27D,30D,31D. The molecule has 0 fully saturated rings. The first-order valence-electron chi connectivity index (χ1n) is 20.7. The van der Waals surface area contributed by atoms with Crippen LogP contribution < -0.4 is 0 Å². The Hall–Kier alpha value is -7.10. The van der Waals surface area contributed by atoms with Crippen LogP contribution in [0.25, 0.3) is 101 Å². The van der Waals surface area contributed by atoms with Crippen LogP contribution in [0.1, 0.15) is 20.7 Å². The van der Waals surface area contributed by atoms with E-state index in [-0.39, 0.29) is 39.6 Å². The number of aromatic nitrogens is 2. The molecule has 0 bridgehead atoms. The fourth-order valence-electron chi connectivity index (χ4n) is 6.99. The predicted octanol–water partition coefficient (Wildman–Crippen LogP) is 13.7. The van der Waals surface area contributed by atoms with Crippen molar-refractivity contribution in [3.8, 4) is 67.3 Å². The Morgan fingerprint density at radius 1 is 0.509 bits per heavy atom. The lowest BCUT2D eigenvalue weighted by Gasteiger charge is -2.16. The molecule has 0 amide bonds. The summed E-state index contributed by atoms with van der Waals surface area (Å²) in [5.74, 6) is 1.46. The van der Waals surface area contributed by atoms with Crippen LogP contribution in [0.3, 0.4) is 0 Å². The number of hydrogen-bond donors (Lipinski definition) is 0. The molecule has 0 spiro atoms. The predicted molar refractivity (Wildman–Crippen MR) is 222 cm³/mol. The van der Waals surface area contributed by atoms with Crippen molar-refractivity contribution >= 4 is 34.0 Å². The minimum atomic E-state index is -0.485. The molecule has 9 rings (SSSR count). The first-order valence-corrected chi connectivity index (χ1v) is 17.2. The Labute approximate surface area is 318 Å². The molecular weight excluding hydrogens is 645 g/mol. The SMILES string of the molecule is [2H]c1nc2c(c([2H])c1[2H])c([2H])c([2H])c1c([2H])c([2H])c(-c3ccc(-c4cccc(-c5oc(-c6ccccc6)c(-c6ccccc6)c5-c5ccccc5)c4)c(C=C)c3C=C)nc12. The van der Waals surface area contributed by atoms with Gasteiger partial charge in [0.05, 0.1) is 26.3 Å². The molecule has 53 heavy (non-hydrogen) atoms. The molecule has 3 heteroatoms. The third-order valence-electron chi connectivity index (χ3n) is 9.41. The second kappa shape index (κ2) is 13.6. The van der Waals surface area contributed by atoms with Gasteiger partial charge >= 0.3 is 0 Å². The van der Waals surface area contributed by atoms with Crippen molar-refractivity contribution in [3.63, 3.8) is 0 Å². The average Bonchev–Trinajstić information content (AvgIpc) is 3.69. The van der Waals surface area contributed by atoms with Crippen LogP contribution in [0.2, 0.25) is 0 Å². The second-order valence-electron chi connectivity index (χ2n) is 12.5. The molecule has 0 unspecified atom stereocenters. The third-order valence-corrected chi connectivity index (χ3v) is 9.41. The van der Waals surface area contributed by atoms with E-state index in [4.69, 9.17) is 19.0 Å². The Bertz CT molecular complexity index is 3200. The van der Waals surface area contributed by atoms with E-state index in [0.717, 1.165) is 50.3 Å². The molecule has 6 aromatic carbocycles. The third kappa shape index (κ3) is 5.65. The van der Waals surface area contributed by atoms with E-state index in [9.17, 15) is 0 Å². The van der Waals surface area contributed by atoms with Gasteiger partial charge in [-0.15, -0.1) is 0 Å². The van der Waals surface area contributed by atoms with Gasteiger partial charge in [0.15, 0.2) is 0 Å². The Morgan fingerprint density at radius 2 is 1.04 bits per heavy atom. The summed E-state index contributed by atoms with van der Waals surface area (Å²) in [5.41, 5.74) is 9.32. The number of pyridine rings is 2. The summed E-state index contributed by atoms with van der Waals surface area (Å²) in [7, 11) is 0. The largest absolute Gasteiger partial charge is 0.455 e. The van der Waals surface area contributed by atoms with E-state index < -0.39 is 30.3 Å². The summed E-state index contributed by atoms with van der Waals surface area (Å²) in [6, 6.07) is 40.1. The summed E-state index contributed by atoms with van der Waals surface area (Å²) < 4.78 is 67.3. The van der Waals surface area contributed by atoms with Gasteiger partial charge in [-0.05, 0) is 51.5 Å². The van der Waals surface area contributed by atoms with Crippen molar-refractivity contribution in [1.29, 1.82) is 0 Å².